The Morgan fingerprint density at radius 1 is 1.18 bits per heavy atom. The topological polar surface area (TPSA) is 116 Å². The molecule has 1 heterocycles. The SMILES string of the molecule is CC1(C)NC(=O)N(CCCC(=O)NC(CCC(=O)O)Cc2ccccc2)C1=O. The Morgan fingerprint density at radius 3 is 2.43 bits per heavy atom. The fraction of sp³-hybridized carbons (Fsp3) is 0.500. The molecule has 8 heteroatoms. The molecule has 0 saturated carbocycles. The van der Waals surface area contributed by atoms with Crippen LogP contribution in [0.25, 0.3) is 0 Å². The summed E-state index contributed by atoms with van der Waals surface area (Å²) in [6.45, 7) is 3.44. The highest BCUT2D eigenvalue weighted by Gasteiger charge is 2.43. The number of aliphatic carboxylic acids is 1. The molecule has 152 valence electrons. The number of urea groups is 1. The van der Waals surface area contributed by atoms with Gasteiger partial charge in [-0.05, 0) is 38.7 Å². The zero-order valence-electron chi connectivity index (χ0n) is 16.2. The van der Waals surface area contributed by atoms with Crippen LogP contribution in [0.5, 0.6) is 0 Å². The summed E-state index contributed by atoms with van der Waals surface area (Å²) >= 11 is 0. The molecular weight excluding hydrogens is 362 g/mol. The van der Waals surface area contributed by atoms with Crippen molar-refractivity contribution >= 4 is 23.8 Å². The van der Waals surface area contributed by atoms with E-state index < -0.39 is 17.5 Å². The van der Waals surface area contributed by atoms with Crippen LogP contribution < -0.4 is 10.6 Å². The Kier molecular flexibility index (Phi) is 7.14. The van der Waals surface area contributed by atoms with E-state index >= 15 is 0 Å². The van der Waals surface area contributed by atoms with Gasteiger partial charge in [0.2, 0.25) is 5.91 Å². The van der Waals surface area contributed by atoms with Gasteiger partial charge in [-0.2, -0.15) is 0 Å². The van der Waals surface area contributed by atoms with Crippen molar-refractivity contribution in [1.82, 2.24) is 15.5 Å². The summed E-state index contributed by atoms with van der Waals surface area (Å²) in [4.78, 5) is 48.3. The lowest BCUT2D eigenvalue weighted by molar-refractivity contribution is -0.137. The van der Waals surface area contributed by atoms with E-state index in [4.69, 9.17) is 5.11 Å². The van der Waals surface area contributed by atoms with Crippen molar-refractivity contribution < 1.29 is 24.3 Å². The number of carbonyl (C=O) groups is 4. The first kappa shape index (κ1) is 21.4. The largest absolute Gasteiger partial charge is 0.481 e. The lowest BCUT2D eigenvalue weighted by atomic mass is 10.0. The first-order valence-electron chi connectivity index (χ1n) is 9.38. The van der Waals surface area contributed by atoms with Crippen LogP contribution in [0.4, 0.5) is 4.79 Å². The van der Waals surface area contributed by atoms with E-state index in [1.807, 2.05) is 30.3 Å². The fourth-order valence-corrected chi connectivity index (χ4v) is 3.14. The average Bonchev–Trinajstić information content (AvgIpc) is 2.82. The highest BCUT2D eigenvalue weighted by Crippen LogP contribution is 2.17. The van der Waals surface area contributed by atoms with Crippen LogP contribution >= 0.6 is 0 Å². The lowest BCUT2D eigenvalue weighted by Crippen LogP contribution is -2.40. The van der Waals surface area contributed by atoms with Crippen LogP contribution in [0.3, 0.4) is 0 Å². The third kappa shape index (κ3) is 6.07. The van der Waals surface area contributed by atoms with Gasteiger partial charge in [0.15, 0.2) is 0 Å². The standard InChI is InChI=1S/C20H27N3O5/c1-20(2)18(27)23(19(28)22-20)12-6-9-16(24)21-15(10-11-17(25)26)13-14-7-4-3-5-8-14/h3-5,7-8,15H,6,9-13H2,1-2H3,(H,21,24)(H,22,28)(H,25,26). The zero-order valence-corrected chi connectivity index (χ0v) is 16.2. The maximum Gasteiger partial charge on any atom is 0.325 e. The van der Waals surface area contributed by atoms with Gasteiger partial charge in [-0.1, -0.05) is 30.3 Å². The summed E-state index contributed by atoms with van der Waals surface area (Å²) in [5.41, 5.74) is 0.0940. The van der Waals surface area contributed by atoms with Crippen molar-refractivity contribution in [1.29, 1.82) is 0 Å². The number of benzene rings is 1. The Morgan fingerprint density at radius 2 is 1.86 bits per heavy atom. The number of nitrogens with zero attached hydrogens (tertiary/aromatic N) is 1. The number of nitrogens with one attached hydrogen (secondary N) is 2. The van der Waals surface area contributed by atoms with Crippen LogP contribution in [0.15, 0.2) is 30.3 Å². The fourth-order valence-electron chi connectivity index (χ4n) is 3.14. The minimum atomic E-state index is -0.920. The van der Waals surface area contributed by atoms with Gasteiger partial charge < -0.3 is 15.7 Å². The Hall–Kier alpha value is -2.90. The summed E-state index contributed by atoms with van der Waals surface area (Å²) in [6, 6.07) is 8.81. The Bertz CT molecular complexity index is 733. The number of amides is 4. The van der Waals surface area contributed by atoms with E-state index in [1.54, 1.807) is 13.8 Å². The molecule has 1 aromatic rings. The van der Waals surface area contributed by atoms with Gasteiger partial charge in [0.25, 0.3) is 5.91 Å². The molecule has 0 aliphatic carbocycles. The smallest absolute Gasteiger partial charge is 0.325 e. The minimum absolute atomic E-state index is 0.0324. The lowest BCUT2D eigenvalue weighted by Gasteiger charge is -2.19. The highest BCUT2D eigenvalue weighted by atomic mass is 16.4. The molecule has 8 nitrogen and oxygen atoms in total. The van der Waals surface area contributed by atoms with Crippen LogP contribution in [0.1, 0.15) is 45.1 Å². The van der Waals surface area contributed by atoms with Gasteiger partial charge in [0, 0.05) is 25.4 Å². The summed E-state index contributed by atoms with van der Waals surface area (Å²) in [5, 5.41) is 14.4. The molecule has 0 spiro atoms. The van der Waals surface area contributed by atoms with Crippen molar-refractivity contribution in [2.45, 2.75) is 57.5 Å². The van der Waals surface area contributed by atoms with Gasteiger partial charge in [-0.3, -0.25) is 19.3 Å². The predicted octanol–water partition coefficient (Wildman–Crippen LogP) is 1.69. The van der Waals surface area contributed by atoms with Crippen LogP contribution in [-0.2, 0) is 20.8 Å². The van der Waals surface area contributed by atoms with E-state index in [9.17, 15) is 19.2 Å². The molecule has 4 amide bonds. The third-order valence-electron chi connectivity index (χ3n) is 4.63. The van der Waals surface area contributed by atoms with E-state index in [-0.39, 0.29) is 37.2 Å². The molecule has 0 aromatic heterocycles. The monoisotopic (exact) mass is 389 g/mol. The molecule has 2 rings (SSSR count). The quantitative estimate of drug-likeness (QED) is 0.527. The molecule has 1 fully saturated rings. The number of carboxylic acid groups (broad SMARTS) is 1. The van der Waals surface area contributed by atoms with E-state index in [1.165, 1.54) is 0 Å². The molecule has 0 bridgehead atoms. The maximum absolute atomic E-state index is 12.3. The second kappa shape index (κ2) is 9.34. The van der Waals surface area contributed by atoms with E-state index in [2.05, 4.69) is 10.6 Å². The molecule has 3 N–H and O–H groups in total. The van der Waals surface area contributed by atoms with Gasteiger partial charge in [0.05, 0.1) is 0 Å². The number of imide groups is 1. The molecule has 1 atom stereocenters. The average molecular weight is 389 g/mol. The number of rotatable bonds is 10. The Labute approximate surface area is 164 Å². The maximum atomic E-state index is 12.3. The zero-order chi connectivity index (χ0) is 20.7. The summed E-state index contributed by atoms with van der Waals surface area (Å²) in [7, 11) is 0. The molecule has 0 radical (unpaired) electrons. The van der Waals surface area contributed by atoms with Crippen molar-refractivity contribution in [2.24, 2.45) is 0 Å². The van der Waals surface area contributed by atoms with Crippen molar-refractivity contribution in [2.75, 3.05) is 6.54 Å². The predicted molar refractivity (Wildman–Crippen MR) is 103 cm³/mol. The van der Waals surface area contributed by atoms with E-state index in [0.717, 1.165) is 10.5 Å². The number of carboxylic acids is 1. The second-order valence-electron chi connectivity index (χ2n) is 7.50. The van der Waals surface area contributed by atoms with Crippen molar-refractivity contribution in [3.63, 3.8) is 0 Å². The summed E-state index contributed by atoms with van der Waals surface area (Å²) in [5.74, 6) is -1.44. The summed E-state index contributed by atoms with van der Waals surface area (Å²) in [6.07, 6.45) is 1.33. The van der Waals surface area contributed by atoms with Crippen LogP contribution in [0, 0.1) is 0 Å². The molecule has 28 heavy (non-hydrogen) atoms. The number of hydrogen-bond acceptors (Lipinski definition) is 4. The van der Waals surface area contributed by atoms with Crippen molar-refractivity contribution in [3.8, 4) is 0 Å². The number of hydrogen-bond donors (Lipinski definition) is 3. The minimum Gasteiger partial charge on any atom is -0.481 e. The molecule has 1 saturated heterocycles. The number of carbonyl (C=O) groups excluding carboxylic acids is 3. The molecule has 1 unspecified atom stereocenters. The highest BCUT2D eigenvalue weighted by molar-refractivity contribution is 6.06. The van der Waals surface area contributed by atoms with Crippen LogP contribution in [0.2, 0.25) is 0 Å². The molecule has 1 aliphatic rings. The van der Waals surface area contributed by atoms with Gasteiger partial charge in [-0.15, -0.1) is 0 Å². The molecule has 1 aliphatic heterocycles. The first-order chi connectivity index (χ1) is 13.2. The normalized spacial score (nSPS) is 16.6. The molecular formula is C20H27N3O5. The van der Waals surface area contributed by atoms with E-state index in [0.29, 0.717) is 19.3 Å². The Balaban J connectivity index is 1.84. The third-order valence-corrected chi connectivity index (χ3v) is 4.63. The van der Waals surface area contributed by atoms with Crippen LogP contribution in [-0.4, -0.2) is 51.9 Å². The second-order valence-corrected chi connectivity index (χ2v) is 7.50. The van der Waals surface area contributed by atoms with Gasteiger partial charge in [0.1, 0.15) is 5.54 Å². The van der Waals surface area contributed by atoms with Gasteiger partial charge >= 0.3 is 12.0 Å². The summed E-state index contributed by atoms with van der Waals surface area (Å²) < 4.78 is 0. The van der Waals surface area contributed by atoms with Crippen molar-refractivity contribution in [3.05, 3.63) is 35.9 Å². The first-order valence-corrected chi connectivity index (χ1v) is 9.38. The van der Waals surface area contributed by atoms with Gasteiger partial charge in [-0.25, -0.2) is 4.79 Å². The molecule has 1 aromatic carbocycles.